The highest BCUT2D eigenvalue weighted by Crippen LogP contribution is 1.91. The standard InChI is InChI=1S/C6H5F.C3H4N2/c7-6-4-2-1-3-5-6;1-2-4-5-3-1/h1-5H;1-3H,(H,4,5). The van der Waals surface area contributed by atoms with E-state index >= 15 is 0 Å². The van der Waals surface area contributed by atoms with Gasteiger partial charge in [-0.05, 0) is 18.2 Å². The van der Waals surface area contributed by atoms with Crippen molar-refractivity contribution in [1.29, 1.82) is 0 Å². The van der Waals surface area contributed by atoms with Crippen LogP contribution in [-0.4, -0.2) is 10.2 Å². The first-order chi connectivity index (χ1) is 5.89. The summed E-state index contributed by atoms with van der Waals surface area (Å²) in [5.41, 5.74) is 0. The Kier molecular flexibility index (Phi) is 3.57. The Morgan fingerprint density at radius 2 is 1.83 bits per heavy atom. The van der Waals surface area contributed by atoms with E-state index in [2.05, 4.69) is 10.2 Å². The van der Waals surface area contributed by atoms with Crippen molar-refractivity contribution in [3.05, 3.63) is 54.6 Å². The molecule has 2 rings (SSSR count). The highest BCUT2D eigenvalue weighted by atomic mass is 19.1. The van der Waals surface area contributed by atoms with Crippen LogP contribution < -0.4 is 0 Å². The van der Waals surface area contributed by atoms with Crippen molar-refractivity contribution in [3.8, 4) is 0 Å². The predicted octanol–water partition coefficient (Wildman–Crippen LogP) is 2.24. The second-order valence-electron chi connectivity index (χ2n) is 2.06. The third-order valence-electron chi connectivity index (χ3n) is 1.14. The molecule has 62 valence electrons. The summed E-state index contributed by atoms with van der Waals surface area (Å²) in [7, 11) is 0. The van der Waals surface area contributed by atoms with E-state index in [1.807, 2.05) is 6.07 Å². The molecule has 2 nitrogen and oxygen atoms in total. The Hall–Kier alpha value is -1.64. The fourth-order valence-electron chi connectivity index (χ4n) is 0.630. The van der Waals surface area contributed by atoms with Gasteiger partial charge in [0.25, 0.3) is 0 Å². The third kappa shape index (κ3) is 3.51. The zero-order valence-electron chi connectivity index (χ0n) is 6.44. The summed E-state index contributed by atoms with van der Waals surface area (Å²) in [5, 5.41) is 6.21. The van der Waals surface area contributed by atoms with Gasteiger partial charge in [0.05, 0.1) is 0 Å². The molecule has 0 atom stereocenters. The van der Waals surface area contributed by atoms with E-state index in [0.717, 1.165) is 0 Å². The summed E-state index contributed by atoms with van der Waals surface area (Å²) in [6.07, 6.45) is 3.46. The molecule has 0 aliphatic carbocycles. The number of rotatable bonds is 0. The van der Waals surface area contributed by atoms with Gasteiger partial charge in [-0.15, -0.1) is 0 Å². The number of H-pyrrole nitrogens is 1. The van der Waals surface area contributed by atoms with Gasteiger partial charge in [0.1, 0.15) is 5.82 Å². The molecule has 0 saturated heterocycles. The van der Waals surface area contributed by atoms with Crippen LogP contribution in [0, 0.1) is 5.82 Å². The van der Waals surface area contributed by atoms with E-state index < -0.39 is 0 Å². The van der Waals surface area contributed by atoms with E-state index in [1.165, 1.54) is 12.1 Å². The lowest BCUT2D eigenvalue weighted by Gasteiger charge is -1.78. The molecule has 0 bridgehead atoms. The molecule has 12 heavy (non-hydrogen) atoms. The van der Waals surface area contributed by atoms with Crippen LogP contribution >= 0.6 is 0 Å². The van der Waals surface area contributed by atoms with Crippen LogP contribution in [0.4, 0.5) is 4.39 Å². The van der Waals surface area contributed by atoms with Crippen molar-refractivity contribution in [2.75, 3.05) is 0 Å². The van der Waals surface area contributed by atoms with E-state index in [9.17, 15) is 4.39 Å². The summed E-state index contributed by atoms with van der Waals surface area (Å²) < 4.78 is 11.9. The zero-order valence-corrected chi connectivity index (χ0v) is 6.44. The number of aromatic nitrogens is 2. The number of aromatic amines is 1. The zero-order chi connectivity index (χ0) is 8.65. The number of nitrogens with zero attached hydrogens (tertiary/aromatic N) is 1. The van der Waals surface area contributed by atoms with Gasteiger partial charge in [-0.1, -0.05) is 18.2 Å². The molecule has 0 aliphatic rings. The maximum absolute atomic E-state index is 11.9. The second kappa shape index (κ2) is 5.07. The minimum Gasteiger partial charge on any atom is -0.286 e. The summed E-state index contributed by atoms with van der Waals surface area (Å²) in [6.45, 7) is 0. The van der Waals surface area contributed by atoms with Crippen molar-refractivity contribution in [3.63, 3.8) is 0 Å². The normalized spacial score (nSPS) is 8.42. The minimum absolute atomic E-state index is 0.178. The number of nitrogens with one attached hydrogen (secondary N) is 1. The van der Waals surface area contributed by atoms with E-state index in [0.29, 0.717) is 0 Å². The second-order valence-corrected chi connectivity index (χ2v) is 2.06. The summed E-state index contributed by atoms with van der Waals surface area (Å²) in [5.74, 6) is -0.178. The number of benzene rings is 1. The highest BCUT2D eigenvalue weighted by molar-refractivity contribution is 5.02. The van der Waals surface area contributed by atoms with Crippen molar-refractivity contribution in [2.45, 2.75) is 0 Å². The Bertz CT molecular complexity index is 261. The van der Waals surface area contributed by atoms with Gasteiger partial charge in [-0.25, -0.2) is 4.39 Å². The number of hydrogen-bond acceptors (Lipinski definition) is 1. The van der Waals surface area contributed by atoms with Gasteiger partial charge < -0.3 is 0 Å². The molecule has 3 heteroatoms. The molecule has 2 aromatic rings. The molecule has 1 aromatic heterocycles. The molecular weight excluding hydrogens is 155 g/mol. The summed E-state index contributed by atoms with van der Waals surface area (Å²) in [4.78, 5) is 0. The van der Waals surface area contributed by atoms with Crippen molar-refractivity contribution >= 4 is 0 Å². The van der Waals surface area contributed by atoms with E-state index in [4.69, 9.17) is 0 Å². The molecule has 0 spiro atoms. The Morgan fingerprint density at radius 1 is 1.08 bits per heavy atom. The summed E-state index contributed by atoms with van der Waals surface area (Å²) >= 11 is 0. The van der Waals surface area contributed by atoms with Crippen LogP contribution in [0.5, 0.6) is 0 Å². The van der Waals surface area contributed by atoms with Gasteiger partial charge >= 0.3 is 0 Å². The molecule has 0 aliphatic heterocycles. The molecule has 0 saturated carbocycles. The average molecular weight is 164 g/mol. The van der Waals surface area contributed by atoms with Crippen LogP contribution in [-0.2, 0) is 0 Å². The molecule has 0 amide bonds. The molecule has 1 N–H and O–H groups in total. The van der Waals surface area contributed by atoms with Gasteiger partial charge in [0, 0.05) is 12.4 Å². The molecule has 1 aromatic carbocycles. The monoisotopic (exact) mass is 164 g/mol. The predicted molar refractivity (Wildman–Crippen MR) is 45.0 cm³/mol. The minimum atomic E-state index is -0.178. The van der Waals surface area contributed by atoms with Gasteiger partial charge in [0.15, 0.2) is 0 Å². The van der Waals surface area contributed by atoms with Crippen molar-refractivity contribution in [1.82, 2.24) is 10.2 Å². The van der Waals surface area contributed by atoms with Crippen LogP contribution in [0.1, 0.15) is 0 Å². The largest absolute Gasteiger partial charge is 0.286 e. The fraction of sp³-hybridized carbons (Fsp3) is 0. The van der Waals surface area contributed by atoms with Gasteiger partial charge in [0.2, 0.25) is 0 Å². The third-order valence-corrected chi connectivity index (χ3v) is 1.14. The Labute approximate surface area is 70.1 Å². The molecule has 0 unspecified atom stereocenters. The quantitative estimate of drug-likeness (QED) is 0.635. The molecular formula is C9H9FN2. The van der Waals surface area contributed by atoms with Gasteiger partial charge in [-0.3, -0.25) is 5.10 Å². The van der Waals surface area contributed by atoms with E-state index in [-0.39, 0.29) is 5.82 Å². The van der Waals surface area contributed by atoms with E-state index in [1.54, 1.807) is 30.6 Å². The SMILES string of the molecule is Fc1ccccc1.c1cn[nH]c1. The average Bonchev–Trinajstić information content (AvgIpc) is 2.62. The highest BCUT2D eigenvalue weighted by Gasteiger charge is 1.77. The number of halogens is 1. The lowest BCUT2D eigenvalue weighted by molar-refractivity contribution is 0.628. The Balaban J connectivity index is 0.000000127. The first kappa shape index (κ1) is 8.46. The van der Waals surface area contributed by atoms with Crippen LogP contribution in [0.25, 0.3) is 0 Å². The van der Waals surface area contributed by atoms with Crippen LogP contribution in [0.2, 0.25) is 0 Å². The molecule has 1 heterocycles. The van der Waals surface area contributed by atoms with Crippen molar-refractivity contribution < 1.29 is 4.39 Å². The van der Waals surface area contributed by atoms with Crippen LogP contribution in [0.3, 0.4) is 0 Å². The topological polar surface area (TPSA) is 28.7 Å². The molecule has 0 fully saturated rings. The lowest BCUT2D eigenvalue weighted by atomic mass is 10.4. The fourth-order valence-corrected chi connectivity index (χ4v) is 0.630. The first-order valence-corrected chi connectivity index (χ1v) is 3.54. The van der Waals surface area contributed by atoms with Crippen molar-refractivity contribution in [2.24, 2.45) is 0 Å². The summed E-state index contributed by atoms with van der Waals surface area (Å²) in [6, 6.07) is 9.77. The maximum Gasteiger partial charge on any atom is 0.123 e. The van der Waals surface area contributed by atoms with Gasteiger partial charge in [-0.2, -0.15) is 5.10 Å². The van der Waals surface area contributed by atoms with Crippen LogP contribution in [0.15, 0.2) is 48.8 Å². The lowest BCUT2D eigenvalue weighted by Crippen LogP contribution is -1.63. The maximum atomic E-state index is 11.9. The smallest absolute Gasteiger partial charge is 0.123 e. The Morgan fingerprint density at radius 3 is 2.08 bits per heavy atom. The number of hydrogen-bond donors (Lipinski definition) is 1. The first-order valence-electron chi connectivity index (χ1n) is 3.54. The molecule has 0 radical (unpaired) electrons.